The van der Waals surface area contributed by atoms with Gasteiger partial charge in [-0.05, 0) is 22.1 Å². The maximum absolute atomic E-state index is 13.0. The number of β-lactam (4-membered cyclic amide) rings is 1. The number of amides is 2. The molecule has 3 aromatic rings. The van der Waals surface area contributed by atoms with Gasteiger partial charge < -0.3 is 26.7 Å². The Morgan fingerprint density at radius 2 is 2.23 bits per heavy atom. The molecule has 2 aliphatic rings. The molecule has 200 valence electrons. The maximum atomic E-state index is 13.0. The van der Waals surface area contributed by atoms with Crippen LogP contribution in [-0.2, 0) is 19.2 Å². The van der Waals surface area contributed by atoms with Crippen LogP contribution in [0.4, 0.5) is 10.8 Å². The first-order valence-electron chi connectivity index (χ1n) is 10.7. The third kappa shape index (κ3) is 5.01. The summed E-state index contributed by atoms with van der Waals surface area (Å²) in [6.07, 6.45) is 0. The van der Waals surface area contributed by atoms with Crippen molar-refractivity contribution in [2.75, 3.05) is 29.6 Å². The molecule has 0 radical (unpaired) electrons. The van der Waals surface area contributed by atoms with Crippen molar-refractivity contribution < 1.29 is 24.3 Å². The first-order valence-corrected chi connectivity index (χ1v) is 13.7. The van der Waals surface area contributed by atoms with Crippen LogP contribution in [0.5, 0.6) is 0 Å². The molecule has 0 aliphatic carbocycles. The zero-order valence-corrected chi connectivity index (χ0v) is 21.9. The maximum Gasteiger partial charge on any atom is 0.352 e. The second-order valence-corrected chi connectivity index (χ2v) is 10.8. The summed E-state index contributed by atoms with van der Waals surface area (Å²) in [5, 5.41) is 41.5. The minimum atomic E-state index is -1.28. The topological polar surface area (TPSA) is 253 Å². The fourth-order valence-electron chi connectivity index (χ4n) is 3.71. The molecular weight excluding hydrogens is 572 g/mol. The van der Waals surface area contributed by atoms with Crippen LogP contribution in [0.2, 0.25) is 0 Å². The number of carbonyl (C=O) groups excluding carboxylic acids is 2. The van der Waals surface area contributed by atoms with Crippen molar-refractivity contribution in [3.05, 3.63) is 28.4 Å². The number of thioether (sulfide) groups is 2. The average Bonchev–Trinajstić information content (AvgIpc) is 3.57. The Morgan fingerprint density at radius 1 is 1.41 bits per heavy atom. The summed E-state index contributed by atoms with van der Waals surface area (Å²) < 4.78 is 1.17. The highest BCUT2D eigenvalue weighted by Gasteiger charge is 2.54. The largest absolute Gasteiger partial charge is 0.477 e. The van der Waals surface area contributed by atoms with Gasteiger partial charge in [-0.1, -0.05) is 16.9 Å². The van der Waals surface area contributed by atoms with E-state index in [1.165, 1.54) is 33.5 Å². The second kappa shape index (κ2) is 10.7. The fraction of sp³-hybridized carbons (Fsp3) is 0.263. The number of nitrogens with two attached hydrogens (primary N) is 2. The van der Waals surface area contributed by atoms with Gasteiger partial charge >= 0.3 is 5.97 Å². The third-order valence-electron chi connectivity index (χ3n) is 5.38. The van der Waals surface area contributed by atoms with Gasteiger partial charge in [-0.3, -0.25) is 14.5 Å². The highest BCUT2D eigenvalue weighted by Crippen LogP contribution is 2.41. The zero-order chi connectivity index (χ0) is 27.7. The van der Waals surface area contributed by atoms with Crippen molar-refractivity contribution in [3.8, 4) is 6.07 Å². The monoisotopic (exact) mass is 588 g/mol. The van der Waals surface area contributed by atoms with Gasteiger partial charge in [-0.2, -0.15) is 5.26 Å². The van der Waals surface area contributed by atoms with Gasteiger partial charge in [0, 0.05) is 16.9 Å². The number of oxime groups is 1. The summed E-state index contributed by atoms with van der Waals surface area (Å²) in [5.41, 5.74) is 12.4. The number of nitrogens with zero attached hydrogens (tertiary/aromatic N) is 9. The van der Waals surface area contributed by atoms with Crippen molar-refractivity contribution in [1.29, 1.82) is 5.26 Å². The average molecular weight is 589 g/mol. The molecule has 2 atom stereocenters. The number of fused-ring (bicyclic) bond motifs is 2. The van der Waals surface area contributed by atoms with Crippen molar-refractivity contribution in [1.82, 2.24) is 40.5 Å². The van der Waals surface area contributed by atoms with Crippen molar-refractivity contribution >= 4 is 74.8 Å². The van der Waals surface area contributed by atoms with Crippen LogP contribution in [0.1, 0.15) is 5.69 Å². The van der Waals surface area contributed by atoms with E-state index >= 15 is 0 Å². The van der Waals surface area contributed by atoms with Crippen LogP contribution < -0.4 is 16.8 Å². The molecule has 39 heavy (non-hydrogen) atoms. The number of aliphatic carboxylic acids is 1. The number of rotatable bonds is 9. The SMILES string of the molecule is N#CCON=C(C(=O)NC1C(=O)N2C(C(=O)O)=C(CSc3cc(N)c4nnnn4n3)CS[C@@H]12)c1csc(N)n1. The van der Waals surface area contributed by atoms with Crippen LogP contribution in [0.25, 0.3) is 5.65 Å². The molecule has 2 amide bonds. The molecule has 2 aliphatic heterocycles. The number of hydrogen-bond donors (Lipinski definition) is 4. The smallest absolute Gasteiger partial charge is 0.352 e. The number of carboxylic acid groups (broad SMARTS) is 1. The second-order valence-electron chi connectivity index (χ2n) is 7.78. The van der Waals surface area contributed by atoms with Crippen molar-refractivity contribution in [2.24, 2.45) is 5.16 Å². The Kier molecular flexibility index (Phi) is 7.18. The van der Waals surface area contributed by atoms with E-state index in [4.69, 9.17) is 21.6 Å². The molecule has 1 saturated heterocycles. The van der Waals surface area contributed by atoms with E-state index in [2.05, 4.69) is 36.1 Å². The number of hydrogen-bond acceptors (Lipinski definition) is 16. The minimum absolute atomic E-state index is 0.104. The van der Waals surface area contributed by atoms with Gasteiger partial charge in [0.15, 0.2) is 10.8 Å². The van der Waals surface area contributed by atoms with Crippen LogP contribution in [0.15, 0.2) is 32.9 Å². The van der Waals surface area contributed by atoms with E-state index in [0.717, 1.165) is 16.2 Å². The highest BCUT2D eigenvalue weighted by atomic mass is 32.2. The van der Waals surface area contributed by atoms with Gasteiger partial charge in [0.25, 0.3) is 11.8 Å². The normalized spacial score (nSPS) is 18.9. The molecule has 1 fully saturated rings. The summed E-state index contributed by atoms with van der Waals surface area (Å²) in [4.78, 5) is 48.2. The zero-order valence-electron chi connectivity index (χ0n) is 19.4. The Bertz CT molecular complexity index is 1590. The summed E-state index contributed by atoms with van der Waals surface area (Å²) >= 11 is 3.58. The van der Waals surface area contributed by atoms with Crippen molar-refractivity contribution in [2.45, 2.75) is 16.4 Å². The third-order valence-corrected chi connectivity index (χ3v) is 8.38. The van der Waals surface area contributed by atoms with Crippen LogP contribution in [0, 0.1) is 11.3 Å². The first kappa shape index (κ1) is 26.1. The summed E-state index contributed by atoms with van der Waals surface area (Å²) in [6, 6.07) is 2.28. The predicted octanol–water partition coefficient (Wildman–Crippen LogP) is -1.08. The number of carboxylic acids is 1. The van der Waals surface area contributed by atoms with Gasteiger partial charge in [0.1, 0.15) is 33.9 Å². The van der Waals surface area contributed by atoms with Crippen LogP contribution in [0.3, 0.4) is 0 Å². The van der Waals surface area contributed by atoms with E-state index in [1.807, 2.05) is 0 Å². The summed E-state index contributed by atoms with van der Waals surface area (Å²) in [6.45, 7) is -0.412. The molecule has 1 unspecified atom stereocenters. The quantitative estimate of drug-likeness (QED) is 0.0762. The molecule has 0 bridgehead atoms. The Labute approximate surface area is 230 Å². The molecule has 0 saturated carbocycles. The van der Waals surface area contributed by atoms with Gasteiger partial charge in [-0.25, -0.2) is 9.78 Å². The Morgan fingerprint density at radius 3 is 2.95 bits per heavy atom. The van der Waals surface area contributed by atoms with E-state index in [-0.39, 0.29) is 33.7 Å². The van der Waals surface area contributed by atoms with E-state index < -0.39 is 35.8 Å². The standard InChI is InChI=1S/C19H16N12O5S3/c20-1-2-36-27-11(9-6-39-19(22)23-9)15(32)24-12-16(33)30-13(18(34)35)7(5-38-17(12)30)4-37-10-3-8(21)14-25-28-29-31(14)26-10/h3,6,12,17H,2,4-5,21H2,(H2,22,23)(H,24,32)(H,34,35)/t12?,17-/m0/s1. The lowest BCUT2D eigenvalue weighted by molar-refractivity contribution is -0.150. The molecule has 5 rings (SSSR count). The van der Waals surface area contributed by atoms with Crippen molar-refractivity contribution in [3.63, 3.8) is 0 Å². The molecule has 17 nitrogen and oxygen atoms in total. The number of carbonyl (C=O) groups is 3. The number of anilines is 2. The molecule has 20 heteroatoms. The summed E-state index contributed by atoms with van der Waals surface area (Å²) in [5.74, 6) is -2.18. The van der Waals surface area contributed by atoms with E-state index in [1.54, 1.807) is 12.1 Å². The van der Waals surface area contributed by atoms with Gasteiger partial charge in [0.05, 0.1) is 5.69 Å². The predicted molar refractivity (Wildman–Crippen MR) is 138 cm³/mol. The van der Waals surface area contributed by atoms with E-state index in [9.17, 15) is 19.5 Å². The number of nitriles is 1. The number of nitrogens with one attached hydrogen (secondary N) is 1. The Hall–Kier alpha value is -4.48. The molecule has 0 aromatic carbocycles. The minimum Gasteiger partial charge on any atom is -0.477 e. The molecule has 0 spiro atoms. The number of thiazole rings is 1. The molecule has 5 heterocycles. The van der Waals surface area contributed by atoms with Gasteiger partial charge in [0.2, 0.25) is 12.3 Å². The fourth-order valence-corrected chi connectivity index (χ4v) is 6.63. The Balaban J connectivity index is 1.31. The van der Waals surface area contributed by atoms with Crippen LogP contribution in [-0.4, -0.2) is 93.3 Å². The highest BCUT2D eigenvalue weighted by molar-refractivity contribution is 8.01. The van der Waals surface area contributed by atoms with E-state index in [0.29, 0.717) is 21.9 Å². The molecular formula is C19H16N12O5S3. The summed E-state index contributed by atoms with van der Waals surface area (Å²) in [7, 11) is 0. The molecule has 3 aromatic heterocycles. The first-order chi connectivity index (χ1) is 18.8. The van der Waals surface area contributed by atoms with Crippen LogP contribution >= 0.6 is 34.9 Å². The van der Waals surface area contributed by atoms with Gasteiger partial charge in [-0.15, -0.1) is 37.9 Å². The number of nitrogen functional groups attached to an aromatic ring is 2. The lowest BCUT2D eigenvalue weighted by Gasteiger charge is -2.49. The molecule has 6 N–H and O–H groups in total. The number of aromatic nitrogens is 6. The lowest BCUT2D eigenvalue weighted by atomic mass is 10.0. The lowest BCUT2D eigenvalue weighted by Crippen LogP contribution is -2.71. The number of tetrazole rings is 1.